The number of aromatic nitrogens is 2. The SMILES string of the molecule is COc1ccc2c(=O)n(CC(=O)Nc3nc(C)c(C(C)=O)s3)ccc2c1. The fourth-order valence-corrected chi connectivity index (χ4v) is 3.49. The molecule has 3 rings (SSSR count). The van der Waals surface area contributed by atoms with Crippen molar-refractivity contribution in [3.63, 3.8) is 0 Å². The van der Waals surface area contributed by atoms with Crippen molar-refractivity contribution in [1.82, 2.24) is 9.55 Å². The van der Waals surface area contributed by atoms with E-state index in [9.17, 15) is 14.4 Å². The highest BCUT2D eigenvalue weighted by molar-refractivity contribution is 7.17. The fourth-order valence-electron chi connectivity index (χ4n) is 2.61. The number of Topliss-reactive ketones (excluding diaryl/α,β-unsaturated/α-hetero) is 1. The molecule has 1 N–H and O–H groups in total. The number of rotatable bonds is 5. The number of fused-ring (bicyclic) bond motifs is 1. The van der Waals surface area contributed by atoms with E-state index in [0.717, 1.165) is 16.7 Å². The van der Waals surface area contributed by atoms with E-state index in [1.54, 1.807) is 44.5 Å². The van der Waals surface area contributed by atoms with E-state index in [0.29, 0.717) is 26.8 Å². The second-order valence-electron chi connectivity index (χ2n) is 5.74. The molecule has 0 spiro atoms. The van der Waals surface area contributed by atoms with E-state index in [-0.39, 0.29) is 23.8 Å². The summed E-state index contributed by atoms with van der Waals surface area (Å²) >= 11 is 1.12. The van der Waals surface area contributed by atoms with Crippen LogP contribution in [0.25, 0.3) is 10.8 Å². The number of ketones is 1. The first-order chi connectivity index (χ1) is 12.4. The third-order valence-electron chi connectivity index (χ3n) is 3.86. The number of nitrogens with zero attached hydrogens (tertiary/aromatic N) is 2. The number of ether oxygens (including phenoxy) is 1. The molecule has 2 heterocycles. The van der Waals surface area contributed by atoms with Gasteiger partial charge in [0.2, 0.25) is 5.91 Å². The van der Waals surface area contributed by atoms with Gasteiger partial charge in [-0.3, -0.25) is 14.4 Å². The molecule has 0 fully saturated rings. The predicted molar refractivity (Wildman–Crippen MR) is 100 cm³/mol. The van der Waals surface area contributed by atoms with Gasteiger partial charge < -0.3 is 14.6 Å². The number of thiazole rings is 1. The standard InChI is InChI=1S/C18H17N3O4S/c1-10-16(11(2)22)26-18(19-10)20-15(23)9-21-7-6-12-8-13(25-3)4-5-14(12)17(21)24/h4-8H,9H2,1-3H3,(H,19,20,23). The monoisotopic (exact) mass is 371 g/mol. The van der Waals surface area contributed by atoms with Crippen molar-refractivity contribution >= 4 is 38.9 Å². The van der Waals surface area contributed by atoms with Crippen molar-refractivity contribution < 1.29 is 14.3 Å². The molecular weight excluding hydrogens is 354 g/mol. The summed E-state index contributed by atoms with van der Waals surface area (Å²) in [6, 6.07) is 6.90. The summed E-state index contributed by atoms with van der Waals surface area (Å²) in [7, 11) is 1.56. The van der Waals surface area contributed by atoms with E-state index in [4.69, 9.17) is 4.74 Å². The summed E-state index contributed by atoms with van der Waals surface area (Å²) in [5.41, 5.74) is 0.315. The van der Waals surface area contributed by atoms with Gasteiger partial charge in [-0.15, -0.1) is 0 Å². The van der Waals surface area contributed by atoms with Crippen molar-refractivity contribution in [2.45, 2.75) is 20.4 Å². The normalized spacial score (nSPS) is 10.7. The van der Waals surface area contributed by atoms with E-state index in [1.165, 1.54) is 11.5 Å². The molecule has 7 nitrogen and oxygen atoms in total. The fraction of sp³-hybridized carbons (Fsp3) is 0.222. The largest absolute Gasteiger partial charge is 0.497 e. The van der Waals surface area contributed by atoms with Crippen molar-refractivity contribution in [2.24, 2.45) is 0 Å². The Kier molecular flexibility index (Phi) is 4.85. The predicted octanol–water partition coefficient (Wildman–Crippen LogP) is 2.62. The molecule has 0 aliphatic rings. The second kappa shape index (κ2) is 7.09. The van der Waals surface area contributed by atoms with Gasteiger partial charge in [0, 0.05) is 18.5 Å². The number of amides is 1. The van der Waals surface area contributed by atoms with Crippen molar-refractivity contribution in [3.8, 4) is 5.75 Å². The Labute approximate surface area is 153 Å². The maximum Gasteiger partial charge on any atom is 0.258 e. The maximum atomic E-state index is 12.5. The summed E-state index contributed by atoms with van der Waals surface area (Å²) in [4.78, 5) is 41.0. The molecule has 2 aromatic heterocycles. The molecule has 0 aliphatic heterocycles. The summed E-state index contributed by atoms with van der Waals surface area (Å²) in [6.45, 7) is 3.02. The molecule has 0 saturated heterocycles. The summed E-state index contributed by atoms with van der Waals surface area (Å²) < 4.78 is 6.48. The second-order valence-corrected chi connectivity index (χ2v) is 6.74. The molecule has 0 bridgehead atoms. The van der Waals surface area contributed by atoms with Crippen molar-refractivity contribution in [2.75, 3.05) is 12.4 Å². The highest BCUT2D eigenvalue weighted by Crippen LogP contribution is 2.23. The lowest BCUT2D eigenvalue weighted by Crippen LogP contribution is -2.27. The molecule has 3 aromatic rings. The molecule has 8 heteroatoms. The lowest BCUT2D eigenvalue weighted by Gasteiger charge is -2.08. The Hall–Kier alpha value is -3.00. The van der Waals surface area contributed by atoms with E-state index < -0.39 is 0 Å². The minimum absolute atomic E-state index is 0.0957. The van der Waals surface area contributed by atoms with Crippen LogP contribution in [0.5, 0.6) is 5.75 Å². The lowest BCUT2D eigenvalue weighted by molar-refractivity contribution is -0.116. The zero-order chi connectivity index (χ0) is 18.8. The van der Waals surface area contributed by atoms with Gasteiger partial charge in [-0.1, -0.05) is 11.3 Å². The van der Waals surface area contributed by atoms with Gasteiger partial charge >= 0.3 is 0 Å². The number of benzene rings is 1. The Balaban J connectivity index is 1.81. The average molecular weight is 371 g/mol. The minimum atomic E-state index is -0.385. The number of hydrogen-bond acceptors (Lipinski definition) is 6. The third-order valence-corrected chi connectivity index (χ3v) is 5.03. The van der Waals surface area contributed by atoms with E-state index >= 15 is 0 Å². The van der Waals surface area contributed by atoms with Crippen LogP contribution in [0.2, 0.25) is 0 Å². The van der Waals surface area contributed by atoms with Crippen molar-refractivity contribution in [3.05, 3.63) is 51.4 Å². The number of hydrogen-bond donors (Lipinski definition) is 1. The number of methoxy groups -OCH3 is 1. The van der Waals surface area contributed by atoms with Crippen LogP contribution in [0.4, 0.5) is 5.13 Å². The van der Waals surface area contributed by atoms with E-state index in [2.05, 4.69) is 10.3 Å². The van der Waals surface area contributed by atoms with Gasteiger partial charge in [-0.05, 0) is 36.6 Å². The number of carbonyl (C=O) groups is 2. The van der Waals surface area contributed by atoms with Gasteiger partial charge in [0.25, 0.3) is 5.56 Å². The summed E-state index contributed by atoms with van der Waals surface area (Å²) in [5, 5.41) is 4.23. The Morgan fingerprint density at radius 3 is 2.73 bits per heavy atom. The lowest BCUT2D eigenvalue weighted by atomic mass is 10.1. The molecule has 1 amide bonds. The van der Waals surface area contributed by atoms with Gasteiger partial charge in [0.05, 0.1) is 17.7 Å². The van der Waals surface area contributed by atoms with Gasteiger partial charge in [-0.25, -0.2) is 4.98 Å². The van der Waals surface area contributed by atoms with Crippen LogP contribution in [0.15, 0.2) is 35.3 Å². The molecular formula is C18H17N3O4S. The van der Waals surface area contributed by atoms with E-state index in [1.807, 2.05) is 0 Å². The number of nitrogens with one attached hydrogen (secondary N) is 1. The Morgan fingerprint density at radius 1 is 1.31 bits per heavy atom. The Morgan fingerprint density at radius 2 is 2.08 bits per heavy atom. The molecule has 0 radical (unpaired) electrons. The molecule has 0 unspecified atom stereocenters. The van der Waals surface area contributed by atoms with Crippen LogP contribution in [0.1, 0.15) is 22.3 Å². The van der Waals surface area contributed by atoms with Gasteiger partial charge in [0.15, 0.2) is 10.9 Å². The smallest absolute Gasteiger partial charge is 0.258 e. The molecule has 134 valence electrons. The van der Waals surface area contributed by atoms with Crippen LogP contribution < -0.4 is 15.6 Å². The quantitative estimate of drug-likeness (QED) is 0.696. The zero-order valence-corrected chi connectivity index (χ0v) is 15.3. The zero-order valence-electron chi connectivity index (χ0n) is 14.5. The van der Waals surface area contributed by atoms with Crippen LogP contribution in [0, 0.1) is 6.92 Å². The number of anilines is 1. The first-order valence-corrected chi connectivity index (χ1v) is 8.66. The molecule has 0 aliphatic carbocycles. The summed E-state index contributed by atoms with van der Waals surface area (Å²) in [6.07, 6.45) is 1.57. The first-order valence-electron chi connectivity index (χ1n) is 7.84. The van der Waals surface area contributed by atoms with Gasteiger partial charge in [-0.2, -0.15) is 0 Å². The number of pyridine rings is 1. The highest BCUT2D eigenvalue weighted by Gasteiger charge is 2.14. The van der Waals surface area contributed by atoms with Crippen LogP contribution >= 0.6 is 11.3 Å². The van der Waals surface area contributed by atoms with Crippen molar-refractivity contribution in [1.29, 1.82) is 0 Å². The third kappa shape index (κ3) is 3.50. The minimum Gasteiger partial charge on any atom is -0.497 e. The maximum absolute atomic E-state index is 12.5. The highest BCUT2D eigenvalue weighted by atomic mass is 32.1. The molecule has 0 saturated carbocycles. The van der Waals surface area contributed by atoms with Crippen LogP contribution in [0.3, 0.4) is 0 Å². The van der Waals surface area contributed by atoms with Crippen LogP contribution in [-0.2, 0) is 11.3 Å². The number of aryl methyl sites for hydroxylation is 1. The molecule has 0 atom stereocenters. The van der Waals surface area contributed by atoms with Crippen LogP contribution in [-0.4, -0.2) is 28.4 Å². The molecule has 26 heavy (non-hydrogen) atoms. The summed E-state index contributed by atoms with van der Waals surface area (Å²) in [5.74, 6) is 0.179. The first kappa shape index (κ1) is 17.8. The average Bonchev–Trinajstić information content (AvgIpc) is 2.97. The Bertz CT molecular complexity index is 1070. The number of carbonyl (C=O) groups excluding carboxylic acids is 2. The molecule has 1 aromatic carbocycles. The topological polar surface area (TPSA) is 90.3 Å². The van der Waals surface area contributed by atoms with Gasteiger partial charge in [0.1, 0.15) is 12.3 Å².